The average molecular weight is 289 g/mol. The molecule has 4 nitrogen and oxygen atoms in total. The maximum atomic E-state index is 12.1. The van der Waals surface area contributed by atoms with Gasteiger partial charge in [-0.05, 0) is 42.9 Å². The van der Waals surface area contributed by atoms with E-state index in [1.807, 2.05) is 0 Å². The smallest absolute Gasteiger partial charge is 0.335 e. The van der Waals surface area contributed by atoms with Crippen LogP contribution in [0.1, 0.15) is 54.9 Å². The van der Waals surface area contributed by atoms with E-state index in [9.17, 15) is 9.59 Å². The lowest BCUT2D eigenvalue weighted by molar-refractivity contribution is -0.121. The molecule has 2 rings (SSSR count). The Bertz CT molecular complexity index is 513. The van der Waals surface area contributed by atoms with E-state index in [0.29, 0.717) is 0 Å². The molecule has 2 unspecified atom stereocenters. The molecular formula is C17H23NO3. The highest BCUT2D eigenvalue weighted by Crippen LogP contribution is 2.22. The summed E-state index contributed by atoms with van der Waals surface area (Å²) >= 11 is 0. The Kier molecular flexibility index (Phi) is 5.37. The van der Waals surface area contributed by atoms with Gasteiger partial charge >= 0.3 is 5.97 Å². The van der Waals surface area contributed by atoms with E-state index in [0.717, 1.165) is 24.3 Å². The van der Waals surface area contributed by atoms with Crippen LogP contribution in [0, 0.1) is 5.92 Å². The molecule has 1 fully saturated rings. The van der Waals surface area contributed by atoms with Gasteiger partial charge in [-0.3, -0.25) is 4.79 Å². The second-order valence-corrected chi connectivity index (χ2v) is 6.06. The number of carboxylic acids is 1. The standard InChI is InChI=1S/C17H23NO3/c1-12-4-2-7-15(9-8-12)18-16(19)11-13-5-3-6-14(10-13)17(20)21/h3,5-6,10,12,15H,2,4,7-9,11H2,1H3,(H,18,19)(H,20,21). The summed E-state index contributed by atoms with van der Waals surface area (Å²) in [5.74, 6) is -0.230. The molecule has 0 aliphatic heterocycles. The number of amides is 1. The van der Waals surface area contributed by atoms with Crippen molar-refractivity contribution in [1.29, 1.82) is 0 Å². The molecule has 1 saturated carbocycles. The monoisotopic (exact) mass is 289 g/mol. The van der Waals surface area contributed by atoms with Crippen LogP contribution >= 0.6 is 0 Å². The van der Waals surface area contributed by atoms with Crippen molar-refractivity contribution in [1.82, 2.24) is 5.32 Å². The van der Waals surface area contributed by atoms with Gasteiger partial charge in [0, 0.05) is 6.04 Å². The van der Waals surface area contributed by atoms with Gasteiger partial charge < -0.3 is 10.4 Å². The minimum absolute atomic E-state index is 0.0166. The number of carbonyl (C=O) groups is 2. The SMILES string of the molecule is CC1CCCC(NC(=O)Cc2cccc(C(=O)O)c2)CC1. The van der Waals surface area contributed by atoms with Gasteiger partial charge in [-0.15, -0.1) is 0 Å². The van der Waals surface area contributed by atoms with E-state index in [4.69, 9.17) is 5.11 Å². The largest absolute Gasteiger partial charge is 0.478 e. The lowest BCUT2D eigenvalue weighted by Gasteiger charge is -2.16. The van der Waals surface area contributed by atoms with E-state index in [2.05, 4.69) is 12.2 Å². The van der Waals surface area contributed by atoms with Crippen molar-refractivity contribution < 1.29 is 14.7 Å². The summed E-state index contributed by atoms with van der Waals surface area (Å²) in [7, 11) is 0. The molecule has 4 heteroatoms. The fraction of sp³-hybridized carbons (Fsp3) is 0.529. The van der Waals surface area contributed by atoms with Crippen molar-refractivity contribution in [2.75, 3.05) is 0 Å². The van der Waals surface area contributed by atoms with Crippen LogP contribution in [0.5, 0.6) is 0 Å². The van der Waals surface area contributed by atoms with Gasteiger partial charge in [0.25, 0.3) is 0 Å². The zero-order chi connectivity index (χ0) is 15.2. The molecule has 1 amide bonds. The van der Waals surface area contributed by atoms with Crippen molar-refractivity contribution in [3.05, 3.63) is 35.4 Å². The Hall–Kier alpha value is -1.84. The molecule has 21 heavy (non-hydrogen) atoms. The number of hydrogen-bond acceptors (Lipinski definition) is 2. The van der Waals surface area contributed by atoms with Gasteiger partial charge in [0.05, 0.1) is 12.0 Å². The van der Waals surface area contributed by atoms with E-state index >= 15 is 0 Å². The van der Waals surface area contributed by atoms with Crippen LogP contribution in [0.2, 0.25) is 0 Å². The van der Waals surface area contributed by atoms with Crippen LogP contribution in [-0.2, 0) is 11.2 Å². The fourth-order valence-electron chi connectivity index (χ4n) is 2.91. The van der Waals surface area contributed by atoms with Gasteiger partial charge in [0.2, 0.25) is 5.91 Å². The molecule has 1 aromatic rings. The fourth-order valence-corrected chi connectivity index (χ4v) is 2.91. The van der Waals surface area contributed by atoms with Gasteiger partial charge in [0.15, 0.2) is 0 Å². The van der Waals surface area contributed by atoms with Gasteiger partial charge in [-0.25, -0.2) is 4.79 Å². The first-order valence-corrected chi connectivity index (χ1v) is 7.66. The van der Waals surface area contributed by atoms with Crippen LogP contribution in [0.3, 0.4) is 0 Å². The summed E-state index contributed by atoms with van der Waals surface area (Å²) in [4.78, 5) is 23.0. The molecule has 1 aliphatic carbocycles. The lowest BCUT2D eigenvalue weighted by atomic mass is 10.0. The first kappa shape index (κ1) is 15.5. The molecule has 0 radical (unpaired) electrons. The summed E-state index contributed by atoms with van der Waals surface area (Å²) in [6.45, 7) is 2.27. The molecule has 2 atom stereocenters. The van der Waals surface area contributed by atoms with Crippen molar-refractivity contribution >= 4 is 11.9 Å². The Morgan fingerprint density at radius 3 is 2.81 bits per heavy atom. The highest BCUT2D eigenvalue weighted by molar-refractivity contribution is 5.88. The Morgan fingerprint density at radius 2 is 2.05 bits per heavy atom. The normalized spacial score (nSPS) is 22.3. The zero-order valence-corrected chi connectivity index (χ0v) is 12.5. The number of nitrogens with one attached hydrogen (secondary N) is 1. The number of carbonyl (C=O) groups excluding carboxylic acids is 1. The molecule has 1 aliphatic rings. The molecular weight excluding hydrogens is 266 g/mol. The van der Waals surface area contributed by atoms with Crippen LogP contribution in [0.15, 0.2) is 24.3 Å². The van der Waals surface area contributed by atoms with Crippen LogP contribution in [0.25, 0.3) is 0 Å². The van der Waals surface area contributed by atoms with Crippen molar-refractivity contribution in [3.8, 4) is 0 Å². The zero-order valence-electron chi connectivity index (χ0n) is 12.5. The van der Waals surface area contributed by atoms with Crippen LogP contribution in [-0.4, -0.2) is 23.0 Å². The number of rotatable bonds is 4. The number of carboxylic acid groups (broad SMARTS) is 1. The minimum atomic E-state index is -0.963. The summed E-state index contributed by atoms with van der Waals surface area (Å²) in [5, 5.41) is 12.1. The number of hydrogen-bond donors (Lipinski definition) is 2. The molecule has 0 saturated heterocycles. The van der Waals surface area contributed by atoms with Gasteiger partial charge in [-0.1, -0.05) is 31.9 Å². The summed E-state index contributed by atoms with van der Waals surface area (Å²) in [6.07, 6.45) is 5.91. The highest BCUT2D eigenvalue weighted by atomic mass is 16.4. The topological polar surface area (TPSA) is 66.4 Å². The first-order chi connectivity index (χ1) is 10.0. The molecule has 0 aromatic heterocycles. The Labute approximate surface area is 125 Å². The predicted molar refractivity (Wildman–Crippen MR) is 81.3 cm³/mol. The first-order valence-electron chi connectivity index (χ1n) is 7.66. The Balaban J connectivity index is 1.89. The summed E-state index contributed by atoms with van der Waals surface area (Å²) < 4.78 is 0. The molecule has 114 valence electrons. The molecule has 0 spiro atoms. The van der Waals surface area contributed by atoms with Crippen LogP contribution < -0.4 is 5.32 Å². The molecule has 0 bridgehead atoms. The third kappa shape index (κ3) is 4.88. The Morgan fingerprint density at radius 1 is 1.24 bits per heavy atom. The second kappa shape index (κ2) is 7.25. The van der Waals surface area contributed by atoms with Gasteiger partial charge in [-0.2, -0.15) is 0 Å². The van der Waals surface area contributed by atoms with Crippen molar-refractivity contribution in [3.63, 3.8) is 0 Å². The van der Waals surface area contributed by atoms with Crippen molar-refractivity contribution in [2.45, 2.75) is 51.5 Å². The van der Waals surface area contributed by atoms with E-state index in [1.54, 1.807) is 18.2 Å². The maximum absolute atomic E-state index is 12.1. The predicted octanol–water partition coefficient (Wildman–Crippen LogP) is 3.01. The average Bonchev–Trinajstić information content (AvgIpc) is 2.64. The number of benzene rings is 1. The number of aromatic carboxylic acids is 1. The van der Waals surface area contributed by atoms with Crippen molar-refractivity contribution in [2.24, 2.45) is 5.92 Å². The van der Waals surface area contributed by atoms with E-state index in [1.165, 1.54) is 25.3 Å². The maximum Gasteiger partial charge on any atom is 0.335 e. The quantitative estimate of drug-likeness (QED) is 0.837. The molecule has 1 aromatic carbocycles. The van der Waals surface area contributed by atoms with E-state index in [-0.39, 0.29) is 23.9 Å². The summed E-state index contributed by atoms with van der Waals surface area (Å²) in [6, 6.07) is 6.85. The van der Waals surface area contributed by atoms with Crippen LogP contribution in [0.4, 0.5) is 0 Å². The van der Waals surface area contributed by atoms with E-state index < -0.39 is 5.97 Å². The summed E-state index contributed by atoms with van der Waals surface area (Å²) in [5.41, 5.74) is 0.970. The second-order valence-electron chi connectivity index (χ2n) is 6.06. The highest BCUT2D eigenvalue weighted by Gasteiger charge is 2.18. The van der Waals surface area contributed by atoms with Gasteiger partial charge in [0.1, 0.15) is 0 Å². The molecule has 2 N–H and O–H groups in total. The minimum Gasteiger partial charge on any atom is -0.478 e. The third-order valence-electron chi connectivity index (χ3n) is 4.16. The third-order valence-corrected chi connectivity index (χ3v) is 4.16. The lowest BCUT2D eigenvalue weighted by Crippen LogP contribution is -2.35. The molecule has 0 heterocycles.